The van der Waals surface area contributed by atoms with Gasteiger partial charge in [0, 0.05) is 30.4 Å². The second kappa shape index (κ2) is 11.3. The molecule has 0 unspecified atom stereocenters. The van der Waals surface area contributed by atoms with E-state index in [1.807, 2.05) is 56.3 Å². The third-order valence-corrected chi connectivity index (χ3v) is 4.90. The van der Waals surface area contributed by atoms with E-state index in [0.29, 0.717) is 23.6 Å². The summed E-state index contributed by atoms with van der Waals surface area (Å²) in [5.41, 5.74) is 4.32. The molecular formula is C23H28Cl2N2O4. The minimum absolute atomic E-state index is 0. The predicted octanol–water partition coefficient (Wildman–Crippen LogP) is 4.60. The third kappa shape index (κ3) is 6.55. The molecule has 0 aliphatic rings. The van der Waals surface area contributed by atoms with Crippen LogP contribution in [0.15, 0.2) is 60.8 Å². The number of hydrogen-bond donors (Lipinski definition) is 3. The van der Waals surface area contributed by atoms with Gasteiger partial charge in [0.1, 0.15) is 11.5 Å². The van der Waals surface area contributed by atoms with Crippen molar-refractivity contribution < 1.29 is 19.7 Å². The molecule has 1 aromatic heterocycles. The molecule has 0 saturated heterocycles. The average Bonchev–Trinajstić information content (AvgIpc) is 2.67. The van der Waals surface area contributed by atoms with E-state index in [2.05, 4.69) is 4.98 Å². The number of nitrogens with zero attached hydrogens (tertiary/aromatic N) is 1. The number of ether oxygens (including phenoxy) is 1. The summed E-state index contributed by atoms with van der Waals surface area (Å²) >= 11 is 0. The van der Waals surface area contributed by atoms with Crippen LogP contribution in [0.5, 0.6) is 11.5 Å². The van der Waals surface area contributed by atoms with E-state index in [9.17, 15) is 15.0 Å². The number of carboxylic acids is 1. The van der Waals surface area contributed by atoms with Gasteiger partial charge in [-0.05, 0) is 41.3 Å². The molecule has 4 N–H and O–H groups in total. The van der Waals surface area contributed by atoms with Crippen molar-refractivity contribution in [1.82, 2.24) is 4.98 Å². The molecule has 3 rings (SSSR count). The van der Waals surface area contributed by atoms with Gasteiger partial charge in [0.05, 0.1) is 0 Å². The van der Waals surface area contributed by atoms with Crippen LogP contribution in [-0.2, 0) is 11.2 Å². The molecule has 2 aromatic carbocycles. The number of carbonyl (C=O) groups is 1. The maximum atomic E-state index is 11.8. The highest BCUT2D eigenvalue weighted by atomic mass is 35.5. The number of fused-ring (bicyclic) bond motifs is 1. The molecule has 0 bridgehead atoms. The van der Waals surface area contributed by atoms with Gasteiger partial charge in [-0.2, -0.15) is 0 Å². The molecular weight excluding hydrogens is 439 g/mol. The number of rotatable bonds is 8. The summed E-state index contributed by atoms with van der Waals surface area (Å²) in [6.07, 6.45) is 1.71. The Balaban J connectivity index is 0.00000240. The molecule has 8 heteroatoms. The first-order valence-electron chi connectivity index (χ1n) is 9.61. The SMILES string of the molecule is CC(C)C[C@H](N)[C@](O)(Cc1cc(Oc2ccc3ccccc3c2)ccn1)C(=O)O.Cl.Cl. The molecule has 31 heavy (non-hydrogen) atoms. The van der Waals surface area contributed by atoms with Crippen LogP contribution >= 0.6 is 24.8 Å². The zero-order valence-corrected chi connectivity index (χ0v) is 19.0. The summed E-state index contributed by atoms with van der Waals surface area (Å²) in [7, 11) is 0. The van der Waals surface area contributed by atoms with Gasteiger partial charge in [-0.1, -0.05) is 44.2 Å². The zero-order valence-electron chi connectivity index (χ0n) is 17.4. The highest BCUT2D eigenvalue weighted by Gasteiger charge is 2.43. The zero-order chi connectivity index (χ0) is 21.0. The van der Waals surface area contributed by atoms with E-state index in [1.54, 1.807) is 12.1 Å². The lowest BCUT2D eigenvalue weighted by atomic mass is 9.84. The lowest BCUT2D eigenvalue weighted by molar-refractivity contribution is -0.161. The number of nitrogens with two attached hydrogens (primary N) is 1. The monoisotopic (exact) mass is 466 g/mol. The lowest BCUT2D eigenvalue weighted by Crippen LogP contribution is -2.56. The van der Waals surface area contributed by atoms with Crippen molar-refractivity contribution >= 4 is 41.6 Å². The Bertz CT molecular complexity index is 1020. The number of aromatic nitrogens is 1. The highest BCUT2D eigenvalue weighted by molar-refractivity contribution is 5.86. The summed E-state index contributed by atoms with van der Waals surface area (Å²) in [5.74, 6) is -0.0268. The van der Waals surface area contributed by atoms with Crippen LogP contribution in [0, 0.1) is 5.92 Å². The number of aliphatic hydroxyl groups is 1. The van der Waals surface area contributed by atoms with Gasteiger partial charge < -0.3 is 20.7 Å². The summed E-state index contributed by atoms with van der Waals surface area (Å²) in [5, 5.41) is 22.5. The minimum Gasteiger partial charge on any atom is -0.479 e. The molecule has 1 heterocycles. The van der Waals surface area contributed by atoms with Crippen molar-refractivity contribution in [3.63, 3.8) is 0 Å². The Labute approximate surface area is 194 Å². The van der Waals surface area contributed by atoms with Gasteiger partial charge in [-0.25, -0.2) is 4.79 Å². The normalized spacial score (nSPS) is 13.6. The summed E-state index contributed by atoms with van der Waals surface area (Å²) < 4.78 is 5.93. The number of hydrogen-bond acceptors (Lipinski definition) is 5. The van der Waals surface area contributed by atoms with Crippen molar-refractivity contribution in [2.24, 2.45) is 11.7 Å². The summed E-state index contributed by atoms with van der Waals surface area (Å²) in [4.78, 5) is 16.0. The van der Waals surface area contributed by atoms with E-state index in [4.69, 9.17) is 10.5 Å². The van der Waals surface area contributed by atoms with Crippen molar-refractivity contribution in [1.29, 1.82) is 0 Å². The Morgan fingerprint density at radius 2 is 1.71 bits per heavy atom. The van der Waals surface area contributed by atoms with E-state index < -0.39 is 17.6 Å². The Kier molecular flexibility index (Phi) is 9.72. The number of benzene rings is 2. The van der Waals surface area contributed by atoms with Gasteiger partial charge in [0.15, 0.2) is 5.60 Å². The Morgan fingerprint density at radius 3 is 2.35 bits per heavy atom. The van der Waals surface area contributed by atoms with Crippen molar-refractivity contribution in [3.05, 3.63) is 66.5 Å². The number of aliphatic carboxylic acids is 1. The molecule has 0 saturated carbocycles. The summed E-state index contributed by atoms with van der Waals surface area (Å²) in [6, 6.07) is 16.1. The molecule has 2 atom stereocenters. The molecule has 168 valence electrons. The van der Waals surface area contributed by atoms with E-state index in [1.165, 1.54) is 6.20 Å². The Morgan fingerprint density at radius 1 is 1.06 bits per heavy atom. The fourth-order valence-electron chi connectivity index (χ4n) is 3.33. The second-order valence-electron chi connectivity index (χ2n) is 7.74. The summed E-state index contributed by atoms with van der Waals surface area (Å²) in [6.45, 7) is 3.86. The largest absolute Gasteiger partial charge is 0.479 e. The molecule has 0 fully saturated rings. The first-order valence-corrected chi connectivity index (χ1v) is 9.61. The fraction of sp³-hybridized carbons (Fsp3) is 0.304. The molecule has 6 nitrogen and oxygen atoms in total. The molecule has 0 aliphatic heterocycles. The van der Waals surface area contributed by atoms with E-state index in [-0.39, 0.29) is 37.2 Å². The van der Waals surface area contributed by atoms with Crippen molar-refractivity contribution in [2.75, 3.05) is 0 Å². The standard InChI is InChI=1S/C23H26N2O4.2ClH/c1-15(2)11-21(24)23(28,22(26)27)14-18-13-20(9-10-25-18)29-19-8-7-16-5-3-4-6-17(16)12-19;;/h3-10,12-13,15,21,28H,11,14,24H2,1-2H3,(H,26,27);2*1H/t21-,23+;;/m0../s1. The Hall–Kier alpha value is -2.38. The average molecular weight is 467 g/mol. The van der Waals surface area contributed by atoms with Crippen LogP contribution in [0.1, 0.15) is 26.0 Å². The van der Waals surface area contributed by atoms with Crippen LogP contribution in [-0.4, -0.2) is 32.8 Å². The first kappa shape index (κ1) is 26.7. The maximum Gasteiger partial charge on any atom is 0.337 e. The second-order valence-corrected chi connectivity index (χ2v) is 7.74. The minimum atomic E-state index is -2.10. The van der Waals surface area contributed by atoms with E-state index >= 15 is 0 Å². The van der Waals surface area contributed by atoms with Gasteiger partial charge in [-0.15, -0.1) is 24.8 Å². The van der Waals surface area contributed by atoms with Gasteiger partial charge >= 0.3 is 5.97 Å². The highest BCUT2D eigenvalue weighted by Crippen LogP contribution is 2.27. The van der Waals surface area contributed by atoms with Crippen LogP contribution in [0.3, 0.4) is 0 Å². The number of pyridine rings is 1. The van der Waals surface area contributed by atoms with Crippen LogP contribution in [0.2, 0.25) is 0 Å². The smallest absolute Gasteiger partial charge is 0.337 e. The van der Waals surface area contributed by atoms with Gasteiger partial charge in [0.25, 0.3) is 0 Å². The fourth-order valence-corrected chi connectivity index (χ4v) is 3.33. The molecule has 3 aromatic rings. The van der Waals surface area contributed by atoms with Crippen LogP contribution in [0.4, 0.5) is 0 Å². The van der Waals surface area contributed by atoms with Crippen molar-refractivity contribution in [2.45, 2.75) is 38.3 Å². The van der Waals surface area contributed by atoms with Crippen molar-refractivity contribution in [3.8, 4) is 11.5 Å². The molecule has 0 amide bonds. The molecule has 0 aliphatic carbocycles. The lowest BCUT2D eigenvalue weighted by Gasteiger charge is -2.30. The topological polar surface area (TPSA) is 106 Å². The first-order chi connectivity index (χ1) is 13.8. The van der Waals surface area contributed by atoms with E-state index in [0.717, 1.165) is 10.8 Å². The molecule has 0 spiro atoms. The third-order valence-electron chi connectivity index (χ3n) is 4.90. The number of carboxylic acid groups (broad SMARTS) is 1. The van der Waals surface area contributed by atoms with Crippen LogP contribution in [0.25, 0.3) is 10.8 Å². The molecule has 0 radical (unpaired) electrons. The van der Waals surface area contributed by atoms with Crippen LogP contribution < -0.4 is 10.5 Å². The predicted molar refractivity (Wildman–Crippen MR) is 126 cm³/mol. The van der Waals surface area contributed by atoms with Gasteiger partial charge in [-0.3, -0.25) is 4.98 Å². The number of halogens is 2. The maximum absolute atomic E-state index is 11.8. The van der Waals surface area contributed by atoms with Gasteiger partial charge in [0.2, 0.25) is 0 Å². The quantitative estimate of drug-likeness (QED) is 0.447.